The predicted molar refractivity (Wildman–Crippen MR) is 94.3 cm³/mol. The van der Waals surface area contributed by atoms with Crippen LogP contribution in [-0.2, 0) is 11.3 Å². The molecule has 2 N–H and O–H groups in total. The summed E-state index contributed by atoms with van der Waals surface area (Å²) in [6.07, 6.45) is 0. The maximum atomic E-state index is 8.13. The van der Waals surface area contributed by atoms with Crippen molar-refractivity contribution < 1.29 is 4.74 Å². The van der Waals surface area contributed by atoms with E-state index in [1.807, 2.05) is 48.5 Å². The second-order valence-corrected chi connectivity index (χ2v) is 5.51. The Bertz CT molecular complexity index is 780. The van der Waals surface area contributed by atoms with Crippen molar-refractivity contribution in [2.75, 3.05) is 11.5 Å². The number of amidine groups is 2. The SMILES string of the molecule is C=C(c1ccccc1)c1cccc2c1COCC(=N)N2C(C)=N. The van der Waals surface area contributed by atoms with Crippen LogP contribution in [0, 0.1) is 10.8 Å². The second kappa shape index (κ2) is 6.18. The Morgan fingerprint density at radius 2 is 1.83 bits per heavy atom. The molecule has 1 aliphatic rings. The number of rotatable bonds is 2. The normalized spacial score (nSPS) is 14.1. The zero-order valence-corrected chi connectivity index (χ0v) is 13.1. The van der Waals surface area contributed by atoms with Crippen molar-refractivity contribution in [2.45, 2.75) is 13.5 Å². The first-order valence-electron chi connectivity index (χ1n) is 7.46. The smallest absolute Gasteiger partial charge is 0.132 e. The summed E-state index contributed by atoms with van der Waals surface area (Å²) in [4.78, 5) is 1.63. The molecule has 4 nitrogen and oxygen atoms in total. The second-order valence-electron chi connectivity index (χ2n) is 5.51. The molecule has 2 aromatic carbocycles. The van der Waals surface area contributed by atoms with E-state index in [1.165, 1.54) is 0 Å². The molecule has 0 bridgehead atoms. The molecule has 0 aromatic heterocycles. The number of fused-ring (bicyclic) bond motifs is 1. The van der Waals surface area contributed by atoms with E-state index in [0.717, 1.165) is 28.0 Å². The Hall–Kier alpha value is -2.72. The lowest BCUT2D eigenvalue weighted by Crippen LogP contribution is -2.36. The third kappa shape index (κ3) is 2.81. The summed E-state index contributed by atoms with van der Waals surface area (Å²) in [5, 5.41) is 16.1. The van der Waals surface area contributed by atoms with Gasteiger partial charge in [-0.25, -0.2) is 0 Å². The zero-order chi connectivity index (χ0) is 16.4. The van der Waals surface area contributed by atoms with Crippen LogP contribution < -0.4 is 4.90 Å². The number of ether oxygens (including phenoxy) is 1. The van der Waals surface area contributed by atoms with Gasteiger partial charge in [0.05, 0.1) is 12.3 Å². The molecule has 0 atom stereocenters. The van der Waals surface area contributed by atoms with Crippen molar-refractivity contribution >= 4 is 22.9 Å². The van der Waals surface area contributed by atoms with Crippen LogP contribution in [0.2, 0.25) is 0 Å². The summed E-state index contributed by atoms with van der Waals surface area (Å²) < 4.78 is 5.64. The number of hydrogen-bond acceptors (Lipinski definition) is 3. The van der Waals surface area contributed by atoms with Crippen LogP contribution in [0.15, 0.2) is 55.1 Å². The Balaban J connectivity index is 2.13. The van der Waals surface area contributed by atoms with Crippen LogP contribution in [0.25, 0.3) is 5.57 Å². The largest absolute Gasteiger partial charge is 0.369 e. The molecule has 0 spiro atoms. The van der Waals surface area contributed by atoms with Gasteiger partial charge >= 0.3 is 0 Å². The van der Waals surface area contributed by atoms with E-state index >= 15 is 0 Å². The highest BCUT2D eigenvalue weighted by atomic mass is 16.5. The number of benzene rings is 2. The molecule has 116 valence electrons. The maximum absolute atomic E-state index is 8.13. The summed E-state index contributed by atoms with van der Waals surface area (Å²) in [6, 6.07) is 15.9. The molecule has 0 radical (unpaired) electrons. The van der Waals surface area contributed by atoms with Crippen LogP contribution >= 0.6 is 0 Å². The highest BCUT2D eigenvalue weighted by Crippen LogP contribution is 2.33. The van der Waals surface area contributed by atoms with E-state index in [-0.39, 0.29) is 12.4 Å². The van der Waals surface area contributed by atoms with Gasteiger partial charge < -0.3 is 4.74 Å². The van der Waals surface area contributed by atoms with E-state index < -0.39 is 0 Å². The molecule has 0 amide bonds. The minimum absolute atomic E-state index is 0.197. The lowest BCUT2D eigenvalue weighted by molar-refractivity contribution is 0.160. The van der Waals surface area contributed by atoms with Gasteiger partial charge in [0.2, 0.25) is 0 Å². The van der Waals surface area contributed by atoms with Crippen molar-refractivity contribution in [3.05, 3.63) is 71.8 Å². The molecular weight excluding hydrogens is 286 g/mol. The lowest BCUT2D eigenvalue weighted by Gasteiger charge is -2.24. The van der Waals surface area contributed by atoms with Gasteiger partial charge in [-0.3, -0.25) is 15.7 Å². The standard InChI is InChI=1S/C19H19N3O/c1-13(15-7-4-3-5-8-15)16-9-6-10-18-17(16)11-23-12-19(21)22(18)14(2)20/h3-10,20-21H,1,11-12H2,2H3. The van der Waals surface area contributed by atoms with Crippen LogP contribution in [-0.4, -0.2) is 18.3 Å². The average molecular weight is 305 g/mol. The Morgan fingerprint density at radius 3 is 2.52 bits per heavy atom. The van der Waals surface area contributed by atoms with E-state index in [4.69, 9.17) is 15.6 Å². The fraction of sp³-hybridized carbons (Fsp3) is 0.158. The topological polar surface area (TPSA) is 60.2 Å². The molecule has 4 heteroatoms. The van der Waals surface area contributed by atoms with Gasteiger partial charge in [-0.2, -0.15) is 0 Å². The molecule has 0 aliphatic carbocycles. The van der Waals surface area contributed by atoms with E-state index in [9.17, 15) is 0 Å². The van der Waals surface area contributed by atoms with E-state index in [0.29, 0.717) is 12.4 Å². The molecule has 23 heavy (non-hydrogen) atoms. The van der Waals surface area contributed by atoms with Gasteiger partial charge in [-0.05, 0) is 29.7 Å². The first kappa shape index (κ1) is 15.2. The number of hydrogen-bond donors (Lipinski definition) is 2. The fourth-order valence-corrected chi connectivity index (χ4v) is 2.86. The van der Waals surface area contributed by atoms with E-state index in [2.05, 4.69) is 6.58 Å². The molecule has 2 aromatic rings. The summed E-state index contributed by atoms with van der Waals surface area (Å²) in [5.41, 5.74) is 4.76. The first-order valence-corrected chi connectivity index (χ1v) is 7.46. The number of nitrogens with zero attached hydrogens (tertiary/aromatic N) is 1. The van der Waals surface area contributed by atoms with Gasteiger partial charge in [0.1, 0.15) is 18.3 Å². The van der Waals surface area contributed by atoms with Gasteiger partial charge in [0, 0.05) is 5.56 Å². The quantitative estimate of drug-likeness (QED) is 0.649. The van der Waals surface area contributed by atoms with Crippen LogP contribution in [0.5, 0.6) is 0 Å². The summed E-state index contributed by atoms with van der Waals surface area (Å²) in [5.74, 6) is 0.586. The average Bonchev–Trinajstić information content (AvgIpc) is 2.72. The third-order valence-corrected chi connectivity index (χ3v) is 3.93. The Kier molecular flexibility index (Phi) is 4.08. The molecule has 0 saturated carbocycles. The monoisotopic (exact) mass is 305 g/mol. The van der Waals surface area contributed by atoms with Crippen LogP contribution in [0.4, 0.5) is 5.69 Å². The number of nitrogens with one attached hydrogen (secondary N) is 2. The number of anilines is 1. The van der Waals surface area contributed by atoms with Gasteiger partial charge in [0.25, 0.3) is 0 Å². The Labute approximate surface area is 136 Å². The van der Waals surface area contributed by atoms with Crippen LogP contribution in [0.3, 0.4) is 0 Å². The van der Waals surface area contributed by atoms with Crippen molar-refractivity contribution in [3.8, 4) is 0 Å². The van der Waals surface area contributed by atoms with Gasteiger partial charge in [-0.1, -0.05) is 49.0 Å². The van der Waals surface area contributed by atoms with Crippen LogP contribution in [0.1, 0.15) is 23.6 Å². The molecule has 0 unspecified atom stereocenters. The molecule has 0 saturated heterocycles. The highest BCUT2D eigenvalue weighted by molar-refractivity contribution is 6.17. The first-order chi connectivity index (χ1) is 11.1. The van der Waals surface area contributed by atoms with E-state index in [1.54, 1.807) is 11.8 Å². The zero-order valence-electron chi connectivity index (χ0n) is 13.1. The van der Waals surface area contributed by atoms with Crippen molar-refractivity contribution in [2.24, 2.45) is 0 Å². The third-order valence-electron chi connectivity index (χ3n) is 3.93. The molecular formula is C19H19N3O. The lowest BCUT2D eigenvalue weighted by atomic mass is 9.94. The highest BCUT2D eigenvalue weighted by Gasteiger charge is 2.24. The summed E-state index contributed by atoms with van der Waals surface area (Å²) in [7, 11) is 0. The summed E-state index contributed by atoms with van der Waals surface area (Å²) in [6.45, 7) is 6.53. The van der Waals surface area contributed by atoms with Crippen molar-refractivity contribution in [3.63, 3.8) is 0 Å². The maximum Gasteiger partial charge on any atom is 0.132 e. The fourth-order valence-electron chi connectivity index (χ4n) is 2.86. The minimum Gasteiger partial charge on any atom is -0.369 e. The molecule has 0 fully saturated rings. The predicted octanol–water partition coefficient (Wildman–Crippen LogP) is 4.06. The summed E-state index contributed by atoms with van der Waals surface area (Å²) >= 11 is 0. The molecule has 1 aliphatic heterocycles. The molecule has 3 rings (SSSR count). The van der Waals surface area contributed by atoms with Gasteiger partial charge in [0.15, 0.2) is 0 Å². The van der Waals surface area contributed by atoms with Crippen molar-refractivity contribution in [1.29, 1.82) is 10.8 Å². The van der Waals surface area contributed by atoms with Gasteiger partial charge in [-0.15, -0.1) is 0 Å². The Morgan fingerprint density at radius 1 is 1.09 bits per heavy atom. The van der Waals surface area contributed by atoms with Crippen molar-refractivity contribution in [1.82, 2.24) is 0 Å². The minimum atomic E-state index is 0.197. The molecule has 1 heterocycles.